The maximum atomic E-state index is 10.9. The van der Waals surface area contributed by atoms with E-state index in [0.717, 1.165) is 6.54 Å². The zero-order valence-corrected chi connectivity index (χ0v) is 6.10. The monoisotopic (exact) mass is 151 g/mol. The zero-order chi connectivity index (χ0) is 7.68. The summed E-state index contributed by atoms with van der Waals surface area (Å²) < 4.78 is 0. The fourth-order valence-electron chi connectivity index (χ4n) is 1.22. The molecule has 11 heavy (non-hydrogen) atoms. The minimum absolute atomic E-state index is 0.292. The Labute approximate surface area is 64.4 Å². The van der Waals surface area contributed by atoms with Crippen LogP contribution in [-0.2, 0) is 4.79 Å². The molecule has 0 amide bonds. The molecule has 1 aromatic rings. The van der Waals surface area contributed by atoms with Gasteiger partial charge in [-0.15, -0.1) is 0 Å². The fraction of sp³-hybridized carbons (Fsp3) is 0.429. The molecule has 0 spiro atoms. The molecule has 0 unspecified atom stereocenters. The van der Waals surface area contributed by atoms with E-state index in [0.29, 0.717) is 18.7 Å². The van der Waals surface area contributed by atoms with Crippen molar-refractivity contribution in [3.63, 3.8) is 0 Å². The van der Waals surface area contributed by atoms with Crippen LogP contribution in [0.5, 0.6) is 0 Å². The minimum Gasteiger partial charge on any atom is -0.298 e. The molecule has 0 atom stereocenters. The third kappa shape index (κ3) is 1.11. The number of hydrogen-bond acceptors (Lipinski definition) is 3. The Bertz CT molecular complexity index is 255. The first-order valence-corrected chi connectivity index (χ1v) is 3.63. The summed E-state index contributed by atoms with van der Waals surface area (Å²) in [6, 6.07) is 1.85. The van der Waals surface area contributed by atoms with E-state index in [1.165, 1.54) is 0 Å². The number of ketones is 1. The standard InChI is InChI=1S/C7H9N3O/c11-7-2-5-9(6-7)10-4-1-3-8-10/h1,3-4H,2,5-6H2. The number of nitrogens with zero attached hydrogens (tertiary/aromatic N) is 3. The zero-order valence-electron chi connectivity index (χ0n) is 6.10. The van der Waals surface area contributed by atoms with E-state index in [1.807, 2.05) is 17.3 Å². The lowest BCUT2D eigenvalue weighted by Crippen LogP contribution is -2.32. The Hall–Kier alpha value is -1.32. The SMILES string of the molecule is O=C1CCN(n2cccn2)C1. The van der Waals surface area contributed by atoms with Crippen molar-refractivity contribution in [3.8, 4) is 0 Å². The summed E-state index contributed by atoms with van der Waals surface area (Å²) >= 11 is 0. The summed E-state index contributed by atoms with van der Waals surface area (Å²) in [7, 11) is 0. The highest BCUT2D eigenvalue weighted by atomic mass is 16.1. The van der Waals surface area contributed by atoms with Crippen molar-refractivity contribution in [2.45, 2.75) is 6.42 Å². The van der Waals surface area contributed by atoms with Crippen molar-refractivity contribution in [2.75, 3.05) is 18.1 Å². The van der Waals surface area contributed by atoms with Gasteiger partial charge in [0.05, 0.1) is 12.7 Å². The van der Waals surface area contributed by atoms with Gasteiger partial charge in [0.2, 0.25) is 0 Å². The molecule has 58 valence electrons. The lowest BCUT2D eigenvalue weighted by Gasteiger charge is -2.15. The van der Waals surface area contributed by atoms with Crippen LogP contribution in [0.2, 0.25) is 0 Å². The molecule has 1 aliphatic rings. The van der Waals surface area contributed by atoms with Gasteiger partial charge in [-0.05, 0) is 6.07 Å². The smallest absolute Gasteiger partial charge is 0.155 e. The molecule has 1 saturated heterocycles. The average molecular weight is 151 g/mol. The van der Waals surface area contributed by atoms with Crippen molar-refractivity contribution in [2.24, 2.45) is 0 Å². The number of hydrogen-bond donors (Lipinski definition) is 0. The first-order chi connectivity index (χ1) is 5.36. The van der Waals surface area contributed by atoms with Gasteiger partial charge in [0.15, 0.2) is 5.78 Å². The number of rotatable bonds is 1. The molecule has 2 heterocycles. The third-order valence-electron chi connectivity index (χ3n) is 1.79. The van der Waals surface area contributed by atoms with Gasteiger partial charge in [0.25, 0.3) is 0 Å². The molecular formula is C7H9N3O. The summed E-state index contributed by atoms with van der Waals surface area (Å²) in [6.45, 7) is 1.29. The molecule has 0 aromatic carbocycles. The lowest BCUT2D eigenvalue weighted by molar-refractivity contribution is -0.116. The van der Waals surface area contributed by atoms with E-state index in [-0.39, 0.29) is 0 Å². The van der Waals surface area contributed by atoms with Gasteiger partial charge in [0, 0.05) is 19.2 Å². The molecule has 4 heteroatoms. The van der Waals surface area contributed by atoms with Crippen molar-refractivity contribution >= 4 is 5.78 Å². The molecule has 0 N–H and O–H groups in total. The first kappa shape index (κ1) is 6.39. The molecule has 1 aromatic heterocycles. The highest BCUT2D eigenvalue weighted by Gasteiger charge is 2.19. The van der Waals surface area contributed by atoms with Crippen molar-refractivity contribution in [1.29, 1.82) is 0 Å². The van der Waals surface area contributed by atoms with Crippen LogP contribution in [0.1, 0.15) is 6.42 Å². The molecule has 0 radical (unpaired) electrons. The van der Waals surface area contributed by atoms with Crippen molar-refractivity contribution in [1.82, 2.24) is 9.89 Å². The van der Waals surface area contributed by atoms with E-state index in [9.17, 15) is 4.79 Å². The summed E-state index contributed by atoms with van der Waals surface area (Å²) in [5, 5.41) is 5.94. The van der Waals surface area contributed by atoms with Gasteiger partial charge in [-0.25, -0.2) is 0 Å². The Kier molecular flexibility index (Phi) is 1.38. The molecule has 2 rings (SSSR count). The maximum Gasteiger partial charge on any atom is 0.155 e. The second-order valence-corrected chi connectivity index (χ2v) is 2.60. The largest absolute Gasteiger partial charge is 0.298 e. The van der Waals surface area contributed by atoms with E-state index in [2.05, 4.69) is 5.10 Å². The minimum atomic E-state index is 0.292. The van der Waals surface area contributed by atoms with Gasteiger partial charge < -0.3 is 0 Å². The van der Waals surface area contributed by atoms with Crippen LogP contribution >= 0.6 is 0 Å². The van der Waals surface area contributed by atoms with Crippen LogP contribution in [0.15, 0.2) is 18.5 Å². The summed E-state index contributed by atoms with van der Waals surface area (Å²) in [6.07, 6.45) is 4.21. The van der Waals surface area contributed by atoms with Crippen LogP contribution in [0, 0.1) is 0 Å². The van der Waals surface area contributed by atoms with E-state index in [4.69, 9.17) is 0 Å². The van der Waals surface area contributed by atoms with E-state index < -0.39 is 0 Å². The Morgan fingerprint density at radius 1 is 1.55 bits per heavy atom. The average Bonchev–Trinajstić information content (AvgIpc) is 2.55. The lowest BCUT2D eigenvalue weighted by atomic mass is 10.4. The summed E-state index contributed by atoms with van der Waals surface area (Å²) in [5.41, 5.74) is 0. The van der Waals surface area contributed by atoms with Gasteiger partial charge >= 0.3 is 0 Å². The second kappa shape index (κ2) is 2.38. The molecule has 1 aliphatic heterocycles. The Morgan fingerprint density at radius 2 is 2.45 bits per heavy atom. The first-order valence-electron chi connectivity index (χ1n) is 3.63. The molecular weight excluding hydrogens is 142 g/mol. The van der Waals surface area contributed by atoms with Crippen LogP contribution in [0.25, 0.3) is 0 Å². The molecule has 4 nitrogen and oxygen atoms in total. The predicted molar refractivity (Wildman–Crippen MR) is 39.8 cm³/mol. The normalized spacial score (nSPS) is 17.8. The quantitative estimate of drug-likeness (QED) is 0.557. The molecule has 0 aliphatic carbocycles. The van der Waals surface area contributed by atoms with Crippen LogP contribution in [-0.4, -0.2) is 28.8 Å². The summed E-state index contributed by atoms with van der Waals surface area (Å²) in [4.78, 5) is 12.6. The highest BCUT2D eigenvalue weighted by molar-refractivity contribution is 5.84. The van der Waals surface area contributed by atoms with E-state index >= 15 is 0 Å². The summed E-state index contributed by atoms with van der Waals surface area (Å²) in [5.74, 6) is 0.292. The highest BCUT2D eigenvalue weighted by Crippen LogP contribution is 2.01. The van der Waals surface area contributed by atoms with Crippen molar-refractivity contribution < 1.29 is 4.79 Å². The van der Waals surface area contributed by atoms with Gasteiger partial charge in [-0.3, -0.25) is 9.80 Å². The Morgan fingerprint density at radius 3 is 3.00 bits per heavy atom. The number of Topliss-reactive ketones (excluding diaryl/α,β-unsaturated/α-hetero) is 1. The number of carbonyl (C=O) groups is 1. The molecule has 0 bridgehead atoms. The van der Waals surface area contributed by atoms with Gasteiger partial charge in [0.1, 0.15) is 0 Å². The van der Waals surface area contributed by atoms with Crippen molar-refractivity contribution in [3.05, 3.63) is 18.5 Å². The number of aromatic nitrogens is 2. The van der Waals surface area contributed by atoms with Gasteiger partial charge in [-0.2, -0.15) is 9.89 Å². The number of carbonyl (C=O) groups excluding carboxylic acids is 1. The second-order valence-electron chi connectivity index (χ2n) is 2.60. The van der Waals surface area contributed by atoms with Crippen LogP contribution in [0.3, 0.4) is 0 Å². The Balaban J connectivity index is 2.13. The van der Waals surface area contributed by atoms with Crippen LogP contribution < -0.4 is 5.01 Å². The molecule has 0 saturated carbocycles. The fourth-order valence-corrected chi connectivity index (χ4v) is 1.22. The molecule has 1 fully saturated rings. The third-order valence-corrected chi connectivity index (χ3v) is 1.79. The van der Waals surface area contributed by atoms with Gasteiger partial charge in [-0.1, -0.05) is 0 Å². The van der Waals surface area contributed by atoms with E-state index in [1.54, 1.807) is 11.0 Å². The van der Waals surface area contributed by atoms with Crippen LogP contribution in [0.4, 0.5) is 0 Å². The predicted octanol–water partition coefficient (Wildman–Crippen LogP) is -0.206. The topological polar surface area (TPSA) is 38.1 Å². The maximum absolute atomic E-state index is 10.9.